The molecule has 1 aromatic heterocycles. The first-order chi connectivity index (χ1) is 9.53. The molecule has 0 unspecified atom stereocenters. The molecule has 0 spiro atoms. The van der Waals surface area contributed by atoms with Crippen molar-refractivity contribution in [3.05, 3.63) is 23.0 Å². The van der Waals surface area contributed by atoms with E-state index in [1.165, 1.54) is 12.0 Å². The third-order valence-electron chi connectivity index (χ3n) is 2.89. The summed E-state index contributed by atoms with van der Waals surface area (Å²) in [6.45, 7) is 6.11. The average molecular weight is 279 g/mol. The number of aryl methyl sites for hydroxylation is 2. The van der Waals surface area contributed by atoms with Gasteiger partial charge in [-0.1, -0.05) is 13.8 Å². The van der Waals surface area contributed by atoms with E-state index >= 15 is 0 Å². The van der Waals surface area contributed by atoms with Crippen LogP contribution in [-0.4, -0.2) is 47.2 Å². The number of aromatic nitrogens is 2. The summed E-state index contributed by atoms with van der Waals surface area (Å²) in [4.78, 5) is 25.5. The number of hydrogen-bond acceptors (Lipinski definition) is 5. The van der Waals surface area contributed by atoms with Gasteiger partial charge in [0, 0.05) is 6.54 Å². The van der Waals surface area contributed by atoms with Crippen molar-refractivity contribution >= 4 is 11.9 Å². The molecule has 0 aliphatic carbocycles. The van der Waals surface area contributed by atoms with Gasteiger partial charge in [0.25, 0.3) is 5.91 Å². The Labute approximate surface area is 119 Å². The maximum Gasteiger partial charge on any atom is 0.325 e. The van der Waals surface area contributed by atoms with E-state index in [1.54, 1.807) is 13.0 Å². The van der Waals surface area contributed by atoms with Crippen LogP contribution in [0.15, 0.2) is 6.07 Å². The Balaban J connectivity index is 3.05. The van der Waals surface area contributed by atoms with Crippen LogP contribution < -0.4 is 0 Å². The summed E-state index contributed by atoms with van der Waals surface area (Å²) in [6.07, 6.45) is 1.38. The largest absolute Gasteiger partial charge is 0.468 e. The Morgan fingerprint density at radius 2 is 2.00 bits per heavy atom. The lowest BCUT2D eigenvalue weighted by Crippen LogP contribution is -2.37. The van der Waals surface area contributed by atoms with Crippen molar-refractivity contribution in [3.8, 4) is 0 Å². The maximum absolute atomic E-state index is 12.6. The predicted octanol–water partition coefficient (Wildman–Crippen LogP) is 1.37. The lowest BCUT2D eigenvalue weighted by molar-refractivity contribution is -0.141. The van der Waals surface area contributed by atoms with Crippen molar-refractivity contribution in [2.24, 2.45) is 0 Å². The second kappa shape index (κ2) is 7.57. The average Bonchev–Trinajstić information content (AvgIpc) is 2.45. The summed E-state index contributed by atoms with van der Waals surface area (Å²) in [6, 6.07) is 1.72. The molecule has 0 N–H and O–H groups in total. The van der Waals surface area contributed by atoms with Crippen LogP contribution in [0.4, 0.5) is 0 Å². The minimum Gasteiger partial charge on any atom is -0.468 e. The molecule has 0 saturated carbocycles. The van der Waals surface area contributed by atoms with Crippen LogP contribution in [0, 0.1) is 6.92 Å². The molecule has 0 aliphatic rings. The van der Waals surface area contributed by atoms with Gasteiger partial charge in [0.05, 0.1) is 24.1 Å². The van der Waals surface area contributed by atoms with Gasteiger partial charge in [-0.25, -0.2) is 0 Å². The van der Waals surface area contributed by atoms with Gasteiger partial charge in [-0.15, -0.1) is 0 Å². The first-order valence-corrected chi connectivity index (χ1v) is 6.72. The van der Waals surface area contributed by atoms with Crippen LogP contribution in [0.5, 0.6) is 0 Å². The molecular formula is C14H21N3O3. The highest BCUT2D eigenvalue weighted by atomic mass is 16.5. The molecule has 1 rings (SSSR count). The molecule has 6 heteroatoms. The molecule has 0 saturated heterocycles. The van der Waals surface area contributed by atoms with Crippen LogP contribution in [-0.2, 0) is 16.0 Å². The number of rotatable bonds is 6. The zero-order valence-corrected chi connectivity index (χ0v) is 12.5. The number of hydrogen-bond donors (Lipinski definition) is 0. The van der Waals surface area contributed by atoms with E-state index in [1.807, 2.05) is 13.8 Å². The van der Waals surface area contributed by atoms with E-state index in [9.17, 15) is 9.59 Å². The molecule has 0 aliphatic heterocycles. The van der Waals surface area contributed by atoms with Gasteiger partial charge in [0.15, 0.2) is 0 Å². The summed E-state index contributed by atoms with van der Waals surface area (Å²) < 4.78 is 4.63. The van der Waals surface area contributed by atoms with Gasteiger partial charge in [0.1, 0.15) is 6.54 Å². The van der Waals surface area contributed by atoms with E-state index in [0.717, 1.165) is 6.42 Å². The highest BCUT2D eigenvalue weighted by Crippen LogP contribution is 2.11. The Kier molecular flexibility index (Phi) is 6.09. The zero-order valence-electron chi connectivity index (χ0n) is 12.5. The first kappa shape index (κ1) is 16.1. The molecule has 110 valence electrons. The second-order valence-electron chi connectivity index (χ2n) is 4.50. The van der Waals surface area contributed by atoms with E-state index in [2.05, 4.69) is 14.9 Å². The minimum absolute atomic E-state index is 0.0479. The number of methoxy groups -OCH3 is 1. The second-order valence-corrected chi connectivity index (χ2v) is 4.50. The summed E-state index contributed by atoms with van der Waals surface area (Å²) in [5, 5.41) is 8.01. The smallest absolute Gasteiger partial charge is 0.325 e. The number of amides is 1. The molecule has 0 aromatic carbocycles. The third-order valence-corrected chi connectivity index (χ3v) is 2.89. The summed E-state index contributed by atoms with van der Waals surface area (Å²) >= 11 is 0. The van der Waals surface area contributed by atoms with Crippen molar-refractivity contribution in [1.29, 1.82) is 0 Å². The van der Waals surface area contributed by atoms with E-state index in [-0.39, 0.29) is 12.5 Å². The van der Waals surface area contributed by atoms with Crippen molar-refractivity contribution in [2.75, 3.05) is 20.2 Å². The monoisotopic (exact) mass is 279 g/mol. The summed E-state index contributed by atoms with van der Waals surface area (Å²) in [7, 11) is 1.31. The highest BCUT2D eigenvalue weighted by Gasteiger charge is 2.21. The number of carbonyl (C=O) groups is 2. The molecule has 6 nitrogen and oxygen atoms in total. The van der Waals surface area contributed by atoms with E-state index < -0.39 is 5.97 Å². The maximum atomic E-state index is 12.6. The Bertz CT molecular complexity index is 489. The van der Waals surface area contributed by atoms with Crippen molar-refractivity contribution in [1.82, 2.24) is 15.1 Å². The Morgan fingerprint density at radius 1 is 1.30 bits per heavy atom. The van der Waals surface area contributed by atoms with Gasteiger partial charge in [-0.05, 0) is 25.8 Å². The molecule has 20 heavy (non-hydrogen) atoms. The van der Waals surface area contributed by atoms with Crippen LogP contribution in [0.2, 0.25) is 0 Å². The summed E-state index contributed by atoms with van der Waals surface area (Å²) in [5.74, 6) is -0.629. The quantitative estimate of drug-likeness (QED) is 0.735. The fourth-order valence-electron chi connectivity index (χ4n) is 1.87. The van der Waals surface area contributed by atoms with Crippen LogP contribution in [0.1, 0.15) is 42.0 Å². The predicted molar refractivity (Wildman–Crippen MR) is 74.4 cm³/mol. The molecule has 1 aromatic rings. The molecule has 1 heterocycles. The lowest BCUT2D eigenvalue weighted by atomic mass is 10.1. The normalized spacial score (nSPS) is 10.2. The van der Waals surface area contributed by atoms with Crippen molar-refractivity contribution in [3.63, 3.8) is 0 Å². The minimum atomic E-state index is -0.427. The number of carbonyl (C=O) groups excluding carboxylic acids is 2. The SMILES string of the molecule is CCCN(CC(=O)OC)C(=O)c1cc(C)nnc1CC. The van der Waals surface area contributed by atoms with Gasteiger partial charge < -0.3 is 9.64 Å². The van der Waals surface area contributed by atoms with Gasteiger partial charge in [-0.2, -0.15) is 10.2 Å². The lowest BCUT2D eigenvalue weighted by Gasteiger charge is -2.21. The molecular weight excluding hydrogens is 258 g/mol. The van der Waals surface area contributed by atoms with Crippen LogP contribution >= 0.6 is 0 Å². The summed E-state index contributed by atoms with van der Waals surface area (Å²) in [5.41, 5.74) is 1.84. The standard InChI is InChI=1S/C14H21N3O3/c1-5-7-17(9-13(18)20-4)14(19)11-8-10(3)15-16-12(11)6-2/h8H,5-7,9H2,1-4H3. The van der Waals surface area contributed by atoms with Crippen LogP contribution in [0.3, 0.4) is 0 Å². The van der Waals surface area contributed by atoms with E-state index in [0.29, 0.717) is 29.9 Å². The zero-order chi connectivity index (χ0) is 15.1. The van der Waals surface area contributed by atoms with Gasteiger partial charge in [0.2, 0.25) is 0 Å². The first-order valence-electron chi connectivity index (χ1n) is 6.72. The molecule has 0 fully saturated rings. The van der Waals surface area contributed by atoms with Gasteiger partial charge >= 0.3 is 5.97 Å². The third kappa shape index (κ3) is 4.01. The molecule has 0 atom stereocenters. The van der Waals surface area contributed by atoms with Crippen molar-refractivity contribution in [2.45, 2.75) is 33.6 Å². The fourth-order valence-corrected chi connectivity index (χ4v) is 1.87. The fraction of sp³-hybridized carbons (Fsp3) is 0.571. The van der Waals surface area contributed by atoms with Gasteiger partial charge in [-0.3, -0.25) is 9.59 Å². The Hall–Kier alpha value is -1.98. The highest BCUT2D eigenvalue weighted by molar-refractivity contribution is 5.97. The number of ether oxygens (including phenoxy) is 1. The topological polar surface area (TPSA) is 72.4 Å². The Morgan fingerprint density at radius 3 is 2.55 bits per heavy atom. The number of esters is 1. The molecule has 0 radical (unpaired) electrons. The number of nitrogens with zero attached hydrogens (tertiary/aromatic N) is 3. The molecule has 0 bridgehead atoms. The molecule has 1 amide bonds. The van der Waals surface area contributed by atoms with E-state index in [4.69, 9.17) is 0 Å². The van der Waals surface area contributed by atoms with Crippen molar-refractivity contribution < 1.29 is 14.3 Å². The van der Waals surface area contributed by atoms with Crippen LogP contribution in [0.25, 0.3) is 0 Å².